The summed E-state index contributed by atoms with van der Waals surface area (Å²) in [6.45, 7) is 1.22. The lowest BCUT2D eigenvalue weighted by Gasteiger charge is -2.14. The summed E-state index contributed by atoms with van der Waals surface area (Å²) >= 11 is 1.82. The zero-order valence-electron chi connectivity index (χ0n) is 7.03. The number of nitrogens with zero attached hydrogens (tertiary/aromatic N) is 1. The molecule has 2 amide bonds. The van der Waals surface area contributed by atoms with Gasteiger partial charge >= 0.3 is 0 Å². The van der Waals surface area contributed by atoms with Gasteiger partial charge in [0, 0.05) is 13.1 Å². The third-order valence-corrected chi connectivity index (χ3v) is 2.67. The summed E-state index contributed by atoms with van der Waals surface area (Å²) in [7, 11) is 0. The molecule has 74 valence electrons. The summed E-state index contributed by atoms with van der Waals surface area (Å²) in [6, 6.07) is 0. The van der Waals surface area contributed by atoms with Gasteiger partial charge < -0.3 is 13.7 Å². The average molecular weight is 298 g/mol. The Morgan fingerprint density at radius 2 is 2.31 bits per heavy atom. The van der Waals surface area contributed by atoms with E-state index in [9.17, 15) is 9.59 Å². The Bertz CT molecular complexity index is 222. The van der Waals surface area contributed by atoms with E-state index >= 15 is 0 Å². The zero-order chi connectivity index (χ0) is 9.84. The second-order valence-electron chi connectivity index (χ2n) is 2.98. The summed E-state index contributed by atoms with van der Waals surface area (Å²) in [4.78, 5) is 23.3. The first-order chi connectivity index (χ1) is 6.13. The van der Waals surface area contributed by atoms with Crippen molar-refractivity contribution >= 4 is 34.8 Å². The van der Waals surface area contributed by atoms with Crippen LogP contribution in [0.15, 0.2) is 0 Å². The molecule has 1 unspecified atom stereocenters. The van der Waals surface area contributed by atoms with Crippen molar-refractivity contribution < 1.29 is 12.7 Å². The zero-order valence-corrected chi connectivity index (χ0v) is 9.19. The van der Waals surface area contributed by atoms with E-state index in [1.54, 1.807) is 4.90 Å². The third kappa shape index (κ3) is 3.11. The molecule has 1 rings (SSSR count). The fraction of sp³-hybridized carbons (Fsp3) is 0.714. The molecule has 2 N–H and O–H groups in total. The van der Waals surface area contributed by atoms with Crippen LogP contribution in [-0.4, -0.2) is 35.9 Å². The summed E-state index contributed by atoms with van der Waals surface area (Å²) in [5.74, 6) is -0.785. The topological polar surface area (TPSA) is 72.6 Å². The highest BCUT2D eigenvalue weighted by Crippen LogP contribution is 2.15. The van der Waals surface area contributed by atoms with Crippen LogP contribution in [-0.2, 0) is 12.7 Å². The first-order valence-electron chi connectivity index (χ1n) is 3.97. The molecule has 1 aliphatic rings. The second-order valence-corrected chi connectivity index (χ2v) is 3.49. The van der Waals surface area contributed by atoms with Gasteiger partial charge in [-0.15, -0.1) is 0 Å². The van der Waals surface area contributed by atoms with Crippen LogP contribution in [0.3, 0.4) is 0 Å². The molecule has 1 heterocycles. The van der Waals surface area contributed by atoms with Gasteiger partial charge in [-0.2, -0.15) is 0 Å². The Hall–Kier alpha value is -0.370. The number of amides is 2. The van der Waals surface area contributed by atoms with E-state index in [0.717, 1.165) is 6.42 Å². The van der Waals surface area contributed by atoms with E-state index in [1.807, 2.05) is 23.0 Å². The van der Waals surface area contributed by atoms with Crippen molar-refractivity contribution in [1.29, 1.82) is 0 Å². The summed E-state index contributed by atoms with van der Waals surface area (Å²) in [5.41, 5.74) is 4.91. The quantitative estimate of drug-likeness (QED) is 0.581. The van der Waals surface area contributed by atoms with Crippen LogP contribution in [0.2, 0.25) is 0 Å². The van der Waals surface area contributed by atoms with Gasteiger partial charge in [-0.05, 0) is 6.42 Å². The van der Waals surface area contributed by atoms with Crippen LogP contribution < -0.4 is 5.73 Å². The van der Waals surface area contributed by atoms with Gasteiger partial charge in [0.25, 0.3) is 0 Å². The number of rotatable bonds is 3. The van der Waals surface area contributed by atoms with E-state index in [1.165, 1.54) is 0 Å². The van der Waals surface area contributed by atoms with Crippen LogP contribution in [0, 0.1) is 0 Å². The fourth-order valence-electron chi connectivity index (χ4n) is 1.29. The van der Waals surface area contributed by atoms with Gasteiger partial charge in [0.2, 0.25) is 11.8 Å². The molecule has 13 heavy (non-hydrogen) atoms. The SMILES string of the molecule is NC(=O)CC(=O)N1CCC(OI)C1. The molecule has 0 aliphatic carbocycles. The van der Waals surface area contributed by atoms with Crippen molar-refractivity contribution in [3.8, 4) is 0 Å². The summed E-state index contributed by atoms with van der Waals surface area (Å²) in [6.07, 6.45) is 0.721. The number of likely N-dealkylation sites (tertiary alicyclic amines) is 1. The lowest BCUT2D eigenvalue weighted by atomic mass is 10.3. The highest BCUT2D eigenvalue weighted by molar-refractivity contribution is 14.1. The van der Waals surface area contributed by atoms with Gasteiger partial charge in [-0.3, -0.25) is 9.59 Å². The normalized spacial score (nSPS) is 21.9. The van der Waals surface area contributed by atoms with Crippen molar-refractivity contribution in [1.82, 2.24) is 4.90 Å². The summed E-state index contributed by atoms with van der Waals surface area (Å²) in [5, 5.41) is 0. The van der Waals surface area contributed by atoms with Gasteiger partial charge in [0.05, 0.1) is 6.10 Å². The Kier molecular flexibility index (Phi) is 3.91. The van der Waals surface area contributed by atoms with Crippen LogP contribution in [0.4, 0.5) is 0 Å². The van der Waals surface area contributed by atoms with E-state index in [0.29, 0.717) is 13.1 Å². The molecule has 1 aliphatic heterocycles. The lowest BCUT2D eigenvalue weighted by Crippen LogP contribution is -2.32. The third-order valence-electron chi connectivity index (χ3n) is 1.95. The molecule has 0 spiro atoms. The Labute approximate surface area is 90.3 Å². The predicted octanol–water partition coefficient (Wildman–Crippen LogP) is -0.171. The molecule has 0 aromatic carbocycles. The molecular weight excluding hydrogens is 287 g/mol. The smallest absolute Gasteiger partial charge is 0.232 e. The Morgan fingerprint density at radius 3 is 2.77 bits per heavy atom. The molecule has 5 nitrogen and oxygen atoms in total. The van der Waals surface area contributed by atoms with Crippen molar-refractivity contribution in [3.05, 3.63) is 0 Å². The molecule has 0 bridgehead atoms. The van der Waals surface area contributed by atoms with E-state index < -0.39 is 5.91 Å². The molecule has 0 saturated carbocycles. The largest absolute Gasteiger partial charge is 0.369 e. The highest BCUT2D eigenvalue weighted by Gasteiger charge is 2.26. The second kappa shape index (κ2) is 4.75. The van der Waals surface area contributed by atoms with Gasteiger partial charge in [0.15, 0.2) is 0 Å². The number of hydrogen-bond acceptors (Lipinski definition) is 3. The minimum absolute atomic E-state index is 0.0948. The van der Waals surface area contributed by atoms with Crippen LogP contribution >= 0.6 is 23.0 Å². The first-order valence-corrected chi connectivity index (χ1v) is 4.85. The molecule has 0 aromatic rings. The standard InChI is InChI=1S/C7H11IN2O3/c8-13-5-1-2-10(4-5)7(12)3-6(9)11/h5H,1-4H2,(H2,9,11). The Morgan fingerprint density at radius 1 is 1.62 bits per heavy atom. The van der Waals surface area contributed by atoms with Gasteiger partial charge in [-0.25, -0.2) is 0 Å². The number of hydrogen-bond donors (Lipinski definition) is 1. The average Bonchev–Trinajstić information content (AvgIpc) is 2.50. The molecule has 0 aromatic heterocycles. The number of nitrogens with two attached hydrogens (primary N) is 1. The summed E-state index contributed by atoms with van der Waals surface area (Å²) < 4.78 is 5.06. The highest BCUT2D eigenvalue weighted by atomic mass is 127. The number of carbonyl (C=O) groups is 2. The molecule has 6 heteroatoms. The van der Waals surface area contributed by atoms with Crippen LogP contribution in [0.5, 0.6) is 0 Å². The minimum atomic E-state index is -0.580. The lowest BCUT2D eigenvalue weighted by molar-refractivity contribution is -0.134. The van der Waals surface area contributed by atoms with Crippen molar-refractivity contribution in [2.45, 2.75) is 18.9 Å². The van der Waals surface area contributed by atoms with E-state index in [2.05, 4.69) is 0 Å². The fourth-order valence-corrected chi connectivity index (χ4v) is 1.70. The maximum atomic E-state index is 11.3. The van der Waals surface area contributed by atoms with Crippen LogP contribution in [0.25, 0.3) is 0 Å². The molecule has 1 saturated heterocycles. The van der Waals surface area contributed by atoms with E-state index in [-0.39, 0.29) is 18.4 Å². The van der Waals surface area contributed by atoms with E-state index in [4.69, 9.17) is 8.80 Å². The maximum absolute atomic E-state index is 11.3. The monoisotopic (exact) mass is 298 g/mol. The minimum Gasteiger partial charge on any atom is -0.369 e. The van der Waals surface area contributed by atoms with Crippen LogP contribution in [0.1, 0.15) is 12.8 Å². The molecule has 1 atom stereocenters. The van der Waals surface area contributed by atoms with Gasteiger partial charge in [-0.1, -0.05) is 0 Å². The van der Waals surface area contributed by atoms with Crippen molar-refractivity contribution in [2.75, 3.05) is 13.1 Å². The number of halogens is 1. The predicted molar refractivity (Wildman–Crippen MR) is 53.9 cm³/mol. The molecule has 0 radical (unpaired) electrons. The van der Waals surface area contributed by atoms with Crippen molar-refractivity contribution in [2.24, 2.45) is 5.73 Å². The maximum Gasteiger partial charge on any atom is 0.232 e. The molecular formula is C7H11IN2O3. The van der Waals surface area contributed by atoms with Gasteiger partial charge in [0.1, 0.15) is 29.4 Å². The first kappa shape index (κ1) is 10.7. The number of carbonyl (C=O) groups excluding carboxylic acids is 2. The van der Waals surface area contributed by atoms with Crippen molar-refractivity contribution in [3.63, 3.8) is 0 Å². The number of primary amides is 1. The Balaban J connectivity index is 2.37. The molecule has 1 fully saturated rings.